The molecule has 0 atom stereocenters. The number of anilines is 18. The molecular formula is C70H48N10Pt2-4. The summed E-state index contributed by atoms with van der Waals surface area (Å²) in [4.78, 5) is 17.4. The number of nitrogens with zero attached hydrogens (tertiary/aromatic N) is 10. The van der Waals surface area contributed by atoms with Crippen molar-refractivity contribution in [1.29, 1.82) is 0 Å². The van der Waals surface area contributed by atoms with Crippen LogP contribution in [0.2, 0.25) is 0 Å². The van der Waals surface area contributed by atoms with E-state index in [1.54, 1.807) is 24.3 Å². The predicted molar refractivity (Wildman–Crippen MR) is 334 cm³/mol. The summed E-state index contributed by atoms with van der Waals surface area (Å²) < 4.78 is 112. The molecule has 6 heterocycles. The molecule has 11 aromatic rings. The summed E-state index contributed by atoms with van der Waals surface area (Å²) in [6.45, 7) is -10.8. The fourth-order valence-corrected chi connectivity index (χ4v) is 18.0. The van der Waals surface area contributed by atoms with Gasteiger partial charge in [-0.15, -0.1) is 0 Å². The average molecular weight is 1430 g/mol. The van der Waals surface area contributed by atoms with Crippen LogP contribution in [0.15, 0.2) is 218 Å². The third-order valence-electron chi connectivity index (χ3n) is 15.4. The van der Waals surface area contributed by atoms with Gasteiger partial charge in [-0.05, 0) is 0 Å². The van der Waals surface area contributed by atoms with Gasteiger partial charge in [0.2, 0.25) is 0 Å². The van der Waals surface area contributed by atoms with Crippen molar-refractivity contribution in [3.63, 3.8) is 0 Å². The van der Waals surface area contributed by atoms with E-state index in [1.165, 1.54) is 19.6 Å². The maximum absolute atomic E-state index is 9.18. The van der Waals surface area contributed by atoms with Crippen molar-refractivity contribution in [1.82, 2.24) is 0 Å². The summed E-state index contributed by atoms with van der Waals surface area (Å²) in [6, 6.07) is 84.3. The minimum absolute atomic E-state index is 0.408. The molecule has 6 aliphatic rings. The summed E-state index contributed by atoms with van der Waals surface area (Å²) in [7, 11) is 0. The summed E-state index contributed by atoms with van der Waals surface area (Å²) in [6.07, 6.45) is 0. The zero-order chi connectivity index (χ0) is 64.5. The molecule has 0 radical (unpaired) electrons. The second-order valence-electron chi connectivity index (χ2n) is 20.0. The summed E-state index contributed by atoms with van der Waals surface area (Å²) >= 11 is -3.48. The molecule has 82 heavy (non-hydrogen) atoms. The molecule has 17 rings (SSSR count). The van der Waals surface area contributed by atoms with Crippen LogP contribution in [0, 0.1) is 24.3 Å². The third-order valence-corrected chi connectivity index (χ3v) is 21.5. The average Bonchev–Trinajstić information content (AvgIpc) is 1.61. The van der Waals surface area contributed by atoms with Gasteiger partial charge in [-0.2, -0.15) is 0 Å². The van der Waals surface area contributed by atoms with Crippen molar-refractivity contribution < 1.29 is 51.7 Å². The van der Waals surface area contributed by atoms with Crippen molar-refractivity contribution in [3.05, 3.63) is 243 Å². The Bertz CT molecular complexity index is 4870. The Morgan fingerprint density at radius 1 is 0.280 bits per heavy atom. The second kappa shape index (κ2) is 18.2. The van der Waals surface area contributed by atoms with Crippen LogP contribution in [0.25, 0.3) is 21.5 Å². The molecule has 11 aromatic carbocycles. The molecule has 0 saturated carbocycles. The van der Waals surface area contributed by atoms with Gasteiger partial charge in [-0.3, -0.25) is 0 Å². The summed E-state index contributed by atoms with van der Waals surface area (Å²) in [5.74, 6) is 0. The van der Waals surface area contributed by atoms with Gasteiger partial charge in [-0.1, -0.05) is 0 Å². The first-order valence-electron chi connectivity index (χ1n) is 32.3. The van der Waals surface area contributed by atoms with Crippen molar-refractivity contribution in [3.8, 4) is 0 Å². The van der Waals surface area contributed by atoms with Gasteiger partial charge in [0.25, 0.3) is 0 Å². The van der Waals surface area contributed by atoms with E-state index in [-0.39, 0.29) is 0 Å². The van der Waals surface area contributed by atoms with Crippen LogP contribution in [0.4, 0.5) is 102 Å². The van der Waals surface area contributed by atoms with Gasteiger partial charge in [-0.25, -0.2) is 0 Å². The van der Waals surface area contributed by atoms with E-state index in [0.717, 1.165) is 21.5 Å². The van der Waals surface area contributed by atoms with Crippen molar-refractivity contribution >= 4 is 141 Å². The Morgan fingerprint density at radius 3 is 0.915 bits per heavy atom. The van der Waals surface area contributed by atoms with E-state index in [9.17, 15) is 8.22 Å². The number of hydrogen-bond acceptors (Lipinski definition) is 10. The first-order valence-corrected chi connectivity index (χ1v) is 30.8. The Hall–Kier alpha value is -9.20. The fraction of sp³-hybridized carbons (Fsp3) is 0.0571. The monoisotopic (exact) mass is 1430 g/mol. The van der Waals surface area contributed by atoms with Crippen molar-refractivity contribution in [2.45, 2.75) is 0 Å². The van der Waals surface area contributed by atoms with Crippen LogP contribution in [0.1, 0.15) is 16.4 Å². The molecule has 8 bridgehead atoms. The first-order chi connectivity index (χ1) is 45.2. The zero-order valence-corrected chi connectivity index (χ0v) is 47.4. The molecule has 10 nitrogen and oxygen atoms in total. The van der Waals surface area contributed by atoms with Gasteiger partial charge in [0.05, 0.1) is 0 Å². The Morgan fingerprint density at radius 2 is 0.573 bits per heavy atom. The molecule has 0 spiro atoms. The topological polar surface area (TPSA) is 32.4 Å². The Labute approximate surface area is 508 Å². The quantitative estimate of drug-likeness (QED) is 0.156. The SMILES string of the molecule is [2H]C([2H])([2H])N1[C]2=[Pt]=[C]3N(c4[c-]c(c5ccccc5c4)N(c4ccc(N5c6[c-]c(ccc6)N6[C](=[Pt]=[C]7N(c8[c-]c5c5ccccc5c8)c5ccccc5N7C([2H])([2H])[2H])N(C([2H])([2H])[2H])c5ccccc56)cc4)c4[c-]c(ccc4)N2c2ccccc21)c1ccccc1N3C([2H])([2H])[2H]. The molecule has 0 amide bonds. The maximum atomic E-state index is 9.18. The fourth-order valence-electron chi connectivity index (χ4n) is 11.8. The predicted octanol–water partition coefficient (Wildman–Crippen LogP) is 15.0. The summed E-state index contributed by atoms with van der Waals surface area (Å²) in [5.41, 5.74) is 10.1. The number of hydrogen-bond donors (Lipinski definition) is 0. The van der Waals surface area contributed by atoms with Crippen LogP contribution >= 0.6 is 0 Å². The molecule has 6 aliphatic heterocycles. The van der Waals surface area contributed by atoms with Gasteiger partial charge in [0, 0.05) is 0 Å². The minimum atomic E-state index is -2.70. The van der Waals surface area contributed by atoms with Gasteiger partial charge in [0.1, 0.15) is 0 Å². The van der Waals surface area contributed by atoms with Gasteiger partial charge in [0.15, 0.2) is 0 Å². The number of para-hydroxylation sites is 8. The van der Waals surface area contributed by atoms with E-state index in [0.29, 0.717) is 119 Å². The number of benzene rings is 11. The molecule has 0 saturated heterocycles. The molecule has 0 aromatic heterocycles. The van der Waals surface area contributed by atoms with Crippen LogP contribution in [0.3, 0.4) is 0 Å². The first kappa shape index (κ1) is 36.9. The molecule has 402 valence electrons. The van der Waals surface area contributed by atoms with E-state index in [4.69, 9.17) is 8.22 Å². The van der Waals surface area contributed by atoms with E-state index in [2.05, 4.69) is 34.1 Å². The van der Waals surface area contributed by atoms with Crippen LogP contribution in [-0.2, 0) is 35.3 Å². The molecular weight excluding hydrogens is 1370 g/mol. The number of rotatable bonds is 2. The van der Waals surface area contributed by atoms with Crippen LogP contribution < -0.4 is 49.0 Å². The van der Waals surface area contributed by atoms with E-state index < -0.39 is 63.2 Å². The summed E-state index contributed by atoms with van der Waals surface area (Å²) in [5, 5.41) is 3.33. The zero-order valence-electron chi connectivity index (χ0n) is 54.9. The van der Waals surface area contributed by atoms with E-state index in [1.807, 2.05) is 214 Å². The molecule has 0 N–H and O–H groups in total. The third kappa shape index (κ3) is 6.95. The Balaban J connectivity index is 0.916. The van der Waals surface area contributed by atoms with Crippen molar-refractivity contribution in [2.24, 2.45) is 0 Å². The molecule has 0 unspecified atom stereocenters. The Kier molecular flexibility index (Phi) is 8.18. The normalized spacial score (nSPS) is 18.6. The standard InChI is InChI=1S/C70H48N10.2Pt/c1-71-45-75(65-31-13-9-27-61(65)71)53-21-17-23-55(41-53)79(69-43-57(39-49-19-5-7-25-59(49)69)77-47-73(3)63-29-11-15-33-67(63)77)51-35-37-52(38-36-51)80(56-24-18-22-54(42-56)76-46-72(2)62-28-10-14-32-66(62)76)70-44-58(40-50-20-6-8-26-60(50)70)78-48-74(4)64-30-12-16-34-68(64)78;;/h5-40H,1-4H3;;/q-4;;/i1D3,2D3,3D3,4D3;;. The van der Waals surface area contributed by atoms with Crippen LogP contribution in [-0.4, -0.2) is 44.5 Å². The van der Waals surface area contributed by atoms with E-state index >= 15 is 0 Å². The second-order valence-corrected chi connectivity index (χ2v) is 25.2. The molecule has 0 aliphatic carbocycles. The van der Waals surface area contributed by atoms with Gasteiger partial charge >= 0.3 is 512 Å². The number of fused-ring (bicyclic) bond motifs is 28. The molecule has 12 heteroatoms. The van der Waals surface area contributed by atoms with Crippen LogP contribution in [0.5, 0.6) is 0 Å². The van der Waals surface area contributed by atoms with Gasteiger partial charge < -0.3 is 0 Å². The van der Waals surface area contributed by atoms with Crippen molar-refractivity contribution in [2.75, 3.05) is 76.9 Å². The molecule has 0 fully saturated rings.